The zero-order chi connectivity index (χ0) is 19.8. The molecule has 2 aliphatic heterocycles. The van der Waals surface area contributed by atoms with Gasteiger partial charge in [0.25, 0.3) is 0 Å². The van der Waals surface area contributed by atoms with Gasteiger partial charge < -0.3 is 14.7 Å². The summed E-state index contributed by atoms with van der Waals surface area (Å²) in [4.78, 5) is 42.6. The van der Waals surface area contributed by atoms with E-state index in [0.717, 1.165) is 24.1 Å². The van der Waals surface area contributed by atoms with Gasteiger partial charge in [-0.2, -0.15) is 0 Å². The number of likely N-dealkylation sites (N-methyl/N-ethyl adjacent to an activating group) is 1. The van der Waals surface area contributed by atoms with Crippen LogP contribution in [0.4, 0.5) is 5.69 Å². The van der Waals surface area contributed by atoms with E-state index >= 15 is 0 Å². The smallest absolute Gasteiger partial charge is 0.242 e. The fourth-order valence-corrected chi connectivity index (χ4v) is 4.19. The second kappa shape index (κ2) is 7.33. The average Bonchev–Trinajstić information content (AvgIpc) is 2.65. The molecule has 0 radical (unpaired) electrons. The normalized spacial score (nSPS) is 18.6. The van der Waals surface area contributed by atoms with Crippen molar-refractivity contribution in [3.8, 4) is 0 Å². The van der Waals surface area contributed by atoms with Gasteiger partial charge in [0.15, 0.2) is 0 Å². The van der Waals surface area contributed by atoms with E-state index in [4.69, 9.17) is 0 Å². The number of nitrogens with zero attached hydrogens (tertiary/aromatic N) is 3. The molecular formula is C21H29N3O3. The van der Waals surface area contributed by atoms with Crippen LogP contribution < -0.4 is 4.90 Å². The van der Waals surface area contributed by atoms with E-state index in [9.17, 15) is 14.4 Å². The molecule has 1 aromatic carbocycles. The first-order valence-corrected chi connectivity index (χ1v) is 9.64. The fourth-order valence-electron chi connectivity index (χ4n) is 4.19. The summed E-state index contributed by atoms with van der Waals surface area (Å²) in [5, 5.41) is 0. The molecule has 2 aliphatic rings. The number of piperidine rings is 1. The summed E-state index contributed by atoms with van der Waals surface area (Å²) in [6.45, 7) is 5.26. The van der Waals surface area contributed by atoms with Crippen LogP contribution in [-0.2, 0) is 19.8 Å². The summed E-state index contributed by atoms with van der Waals surface area (Å²) >= 11 is 0. The summed E-state index contributed by atoms with van der Waals surface area (Å²) in [5.41, 5.74) is 1.74. The minimum atomic E-state index is -0.237. The molecule has 146 valence electrons. The van der Waals surface area contributed by atoms with Crippen molar-refractivity contribution in [3.05, 3.63) is 29.8 Å². The van der Waals surface area contributed by atoms with Crippen LogP contribution in [0, 0.1) is 5.92 Å². The lowest BCUT2D eigenvalue weighted by atomic mass is 9.67. The summed E-state index contributed by atoms with van der Waals surface area (Å²) < 4.78 is 0. The number of benzene rings is 1. The summed E-state index contributed by atoms with van der Waals surface area (Å²) in [5.74, 6) is 0.0735. The van der Waals surface area contributed by atoms with Gasteiger partial charge in [0.2, 0.25) is 17.7 Å². The van der Waals surface area contributed by atoms with Crippen LogP contribution in [0.1, 0.15) is 38.7 Å². The van der Waals surface area contributed by atoms with Crippen LogP contribution in [0.15, 0.2) is 24.3 Å². The van der Waals surface area contributed by atoms with Crippen LogP contribution in [0.25, 0.3) is 0 Å². The van der Waals surface area contributed by atoms with Gasteiger partial charge in [-0.3, -0.25) is 14.4 Å². The number of hydrogen-bond donors (Lipinski definition) is 0. The molecule has 2 heterocycles. The van der Waals surface area contributed by atoms with E-state index in [1.165, 1.54) is 4.90 Å². The molecule has 27 heavy (non-hydrogen) atoms. The topological polar surface area (TPSA) is 60.9 Å². The molecular weight excluding hydrogens is 342 g/mol. The Morgan fingerprint density at radius 2 is 1.78 bits per heavy atom. The van der Waals surface area contributed by atoms with E-state index in [2.05, 4.69) is 6.07 Å². The molecule has 1 saturated heterocycles. The quantitative estimate of drug-likeness (QED) is 0.817. The molecule has 6 nitrogen and oxygen atoms in total. The van der Waals surface area contributed by atoms with E-state index in [0.29, 0.717) is 19.5 Å². The van der Waals surface area contributed by atoms with Crippen LogP contribution in [0.3, 0.4) is 0 Å². The van der Waals surface area contributed by atoms with Crippen LogP contribution >= 0.6 is 0 Å². The lowest BCUT2D eigenvalue weighted by molar-refractivity contribution is -0.136. The number of likely N-dealkylation sites (tertiary alicyclic amines) is 1. The van der Waals surface area contributed by atoms with E-state index in [-0.39, 0.29) is 35.6 Å². The number of carbonyl (C=O) groups is 3. The van der Waals surface area contributed by atoms with Gasteiger partial charge in [-0.25, -0.2) is 0 Å². The number of rotatable bonds is 3. The van der Waals surface area contributed by atoms with Gasteiger partial charge in [0.1, 0.15) is 6.54 Å². The maximum absolute atomic E-state index is 13.0. The molecule has 1 aromatic rings. The lowest BCUT2D eigenvalue weighted by Gasteiger charge is -2.47. The zero-order valence-corrected chi connectivity index (χ0v) is 16.7. The van der Waals surface area contributed by atoms with Crippen molar-refractivity contribution in [3.63, 3.8) is 0 Å². The zero-order valence-electron chi connectivity index (χ0n) is 16.7. The molecule has 0 saturated carbocycles. The van der Waals surface area contributed by atoms with Crippen LogP contribution in [0.5, 0.6) is 0 Å². The van der Waals surface area contributed by atoms with Crippen molar-refractivity contribution >= 4 is 23.4 Å². The van der Waals surface area contributed by atoms with Gasteiger partial charge in [-0.15, -0.1) is 0 Å². The third-order valence-corrected chi connectivity index (χ3v) is 5.88. The second-order valence-electron chi connectivity index (χ2n) is 8.22. The Balaban J connectivity index is 1.88. The highest BCUT2D eigenvalue weighted by Crippen LogP contribution is 2.47. The van der Waals surface area contributed by atoms with Crippen molar-refractivity contribution < 1.29 is 14.4 Å². The molecule has 1 fully saturated rings. The number of para-hydroxylation sites is 1. The van der Waals surface area contributed by atoms with Gasteiger partial charge in [-0.1, -0.05) is 32.0 Å². The molecule has 6 heteroatoms. The molecule has 0 N–H and O–H groups in total. The fraction of sp³-hybridized carbons (Fsp3) is 0.571. The predicted octanol–water partition coefficient (Wildman–Crippen LogP) is 2.03. The highest BCUT2D eigenvalue weighted by Gasteiger charge is 2.45. The molecule has 3 amide bonds. The minimum absolute atomic E-state index is 0.00691. The van der Waals surface area contributed by atoms with Crippen molar-refractivity contribution in [2.24, 2.45) is 5.92 Å². The van der Waals surface area contributed by atoms with Gasteiger partial charge in [0.05, 0.1) is 0 Å². The number of amides is 3. The summed E-state index contributed by atoms with van der Waals surface area (Å²) in [7, 11) is 3.40. The Kier molecular flexibility index (Phi) is 5.27. The van der Waals surface area contributed by atoms with Crippen molar-refractivity contribution in [2.75, 3.05) is 38.6 Å². The Morgan fingerprint density at radius 1 is 1.15 bits per heavy atom. The number of fused-ring (bicyclic) bond motifs is 2. The third-order valence-electron chi connectivity index (χ3n) is 5.88. The maximum atomic E-state index is 13.0. The average molecular weight is 371 g/mol. The maximum Gasteiger partial charge on any atom is 0.242 e. The van der Waals surface area contributed by atoms with Crippen LogP contribution in [0.2, 0.25) is 0 Å². The largest absolute Gasteiger partial charge is 0.347 e. The molecule has 0 unspecified atom stereocenters. The van der Waals surface area contributed by atoms with Crippen molar-refractivity contribution in [1.29, 1.82) is 0 Å². The number of carbonyl (C=O) groups excluding carboxylic acids is 3. The molecule has 0 aliphatic carbocycles. The Bertz CT molecular complexity index is 749. The molecule has 0 aromatic heterocycles. The number of hydrogen-bond acceptors (Lipinski definition) is 3. The first kappa shape index (κ1) is 19.4. The SMILES string of the molecule is CC(C)C(=O)N1CCC2(CC1)CC(=O)N(CC(=O)N(C)C)c1ccccc12. The first-order chi connectivity index (χ1) is 12.7. The standard InChI is InChI=1S/C21H29N3O3/c1-15(2)20(27)23-11-9-21(10-12-23)13-18(25)24(14-19(26)22(3)4)17-8-6-5-7-16(17)21/h5-8,15H,9-14H2,1-4H3. The van der Waals surface area contributed by atoms with Crippen molar-refractivity contribution in [2.45, 2.75) is 38.5 Å². The van der Waals surface area contributed by atoms with Crippen LogP contribution in [-0.4, -0.2) is 61.3 Å². The molecule has 0 bridgehead atoms. The first-order valence-electron chi connectivity index (χ1n) is 9.64. The van der Waals surface area contributed by atoms with E-state index < -0.39 is 0 Å². The minimum Gasteiger partial charge on any atom is -0.347 e. The Morgan fingerprint density at radius 3 is 2.37 bits per heavy atom. The molecule has 1 spiro atoms. The molecule has 0 atom stereocenters. The van der Waals surface area contributed by atoms with Crippen molar-refractivity contribution in [1.82, 2.24) is 9.80 Å². The summed E-state index contributed by atoms with van der Waals surface area (Å²) in [6.07, 6.45) is 1.96. The van der Waals surface area contributed by atoms with Gasteiger partial charge in [-0.05, 0) is 24.5 Å². The lowest BCUT2D eigenvalue weighted by Crippen LogP contribution is -2.53. The van der Waals surface area contributed by atoms with Gasteiger partial charge >= 0.3 is 0 Å². The predicted molar refractivity (Wildman–Crippen MR) is 104 cm³/mol. The Labute approximate surface area is 161 Å². The van der Waals surface area contributed by atoms with Gasteiger partial charge in [0, 0.05) is 50.6 Å². The highest BCUT2D eigenvalue weighted by atomic mass is 16.2. The Hall–Kier alpha value is -2.37. The highest BCUT2D eigenvalue weighted by molar-refractivity contribution is 6.02. The summed E-state index contributed by atoms with van der Waals surface area (Å²) in [6, 6.07) is 7.92. The number of anilines is 1. The second-order valence-corrected chi connectivity index (χ2v) is 8.22. The molecule has 3 rings (SSSR count). The monoisotopic (exact) mass is 371 g/mol. The van der Waals surface area contributed by atoms with E-state index in [1.807, 2.05) is 36.9 Å². The third kappa shape index (κ3) is 3.57. The van der Waals surface area contributed by atoms with E-state index in [1.54, 1.807) is 19.0 Å².